The second kappa shape index (κ2) is 4.22. The lowest BCUT2D eigenvalue weighted by molar-refractivity contribution is 0.279. The summed E-state index contributed by atoms with van der Waals surface area (Å²) in [4.78, 5) is 0. The molecule has 0 unspecified atom stereocenters. The molecule has 0 heterocycles. The highest BCUT2D eigenvalue weighted by Crippen LogP contribution is 2.34. The van der Waals surface area contributed by atoms with Gasteiger partial charge in [-0.25, -0.2) is 0 Å². The molecule has 15 heavy (non-hydrogen) atoms. The van der Waals surface area contributed by atoms with Gasteiger partial charge >= 0.3 is 0 Å². The van der Waals surface area contributed by atoms with Gasteiger partial charge in [0.05, 0.1) is 6.61 Å². The summed E-state index contributed by atoms with van der Waals surface area (Å²) in [7, 11) is 0. The first kappa shape index (κ1) is 9.84. The molecule has 2 nitrogen and oxygen atoms in total. The molecule has 0 saturated heterocycles. The molecule has 0 aliphatic carbocycles. The highest BCUT2D eigenvalue weighted by atomic mass is 16.5. The number of hydrogen-bond acceptors (Lipinski definition) is 1. The van der Waals surface area contributed by atoms with Gasteiger partial charge in [-0.2, -0.15) is 0 Å². The van der Waals surface area contributed by atoms with Crippen LogP contribution in [0.3, 0.4) is 0 Å². The van der Waals surface area contributed by atoms with Gasteiger partial charge in [0.25, 0.3) is 0 Å². The topological polar surface area (TPSA) is 29.1 Å². The summed E-state index contributed by atoms with van der Waals surface area (Å²) < 4.78 is 5.38. The Morgan fingerprint density at radius 2 is 1.93 bits per heavy atom. The van der Waals surface area contributed by atoms with Gasteiger partial charge in [-0.3, -0.25) is 5.11 Å². The third kappa shape index (κ3) is 1.89. The molecule has 0 saturated carbocycles. The van der Waals surface area contributed by atoms with E-state index in [1.165, 1.54) is 0 Å². The van der Waals surface area contributed by atoms with Crippen molar-refractivity contribution in [2.45, 2.75) is 13.3 Å². The molecule has 2 aromatic rings. The molecule has 0 aliphatic rings. The fourth-order valence-electron chi connectivity index (χ4n) is 1.55. The van der Waals surface area contributed by atoms with Gasteiger partial charge in [0.15, 0.2) is 5.75 Å². The molecule has 0 N–H and O–H groups in total. The fourth-order valence-corrected chi connectivity index (χ4v) is 1.55. The van der Waals surface area contributed by atoms with E-state index in [4.69, 9.17) is 4.74 Å². The lowest BCUT2D eigenvalue weighted by atomic mass is 10.1. The SMILES string of the molecule is CCCOc1ccc2ccccc2c1[O]. The van der Waals surface area contributed by atoms with Crippen LogP contribution >= 0.6 is 0 Å². The third-order valence-corrected chi connectivity index (χ3v) is 2.31. The summed E-state index contributed by atoms with van der Waals surface area (Å²) in [5.74, 6) is 0.442. The van der Waals surface area contributed by atoms with Crippen molar-refractivity contribution >= 4 is 10.8 Å². The molecule has 0 aromatic heterocycles. The zero-order valence-electron chi connectivity index (χ0n) is 8.69. The highest BCUT2D eigenvalue weighted by Gasteiger charge is 2.08. The van der Waals surface area contributed by atoms with Crippen molar-refractivity contribution < 1.29 is 9.84 Å². The Morgan fingerprint density at radius 1 is 1.13 bits per heavy atom. The van der Waals surface area contributed by atoms with Crippen LogP contribution in [0.25, 0.3) is 10.8 Å². The summed E-state index contributed by atoms with van der Waals surface area (Å²) in [6, 6.07) is 11.2. The average Bonchev–Trinajstić information content (AvgIpc) is 2.29. The third-order valence-electron chi connectivity index (χ3n) is 2.31. The van der Waals surface area contributed by atoms with E-state index in [0.717, 1.165) is 17.2 Å². The van der Waals surface area contributed by atoms with Crippen molar-refractivity contribution in [3.05, 3.63) is 36.4 Å². The summed E-state index contributed by atoms with van der Waals surface area (Å²) in [5.41, 5.74) is 0. The van der Waals surface area contributed by atoms with E-state index in [1.807, 2.05) is 37.3 Å². The minimum absolute atomic E-state index is 0.0125. The van der Waals surface area contributed by atoms with Crippen molar-refractivity contribution in [1.29, 1.82) is 0 Å². The minimum Gasteiger partial charge on any atom is -0.489 e. The van der Waals surface area contributed by atoms with Crippen LogP contribution in [0.4, 0.5) is 0 Å². The molecule has 0 spiro atoms. The lowest BCUT2D eigenvalue weighted by Gasteiger charge is -2.06. The first-order chi connectivity index (χ1) is 7.33. The van der Waals surface area contributed by atoms with Gasteiger partial charge in [-0.05, 0) is 17.9 Å². The fraction of sp³-hybridized carbons (Fsp3) is 0.231. The standard InChI is InChI=1S/C13H13O2/c1-2-9-15-12-8-7-10-5-3-4-6-11(10)13(12)14/h3-8H,2,9H2,1H3. The molecule has 0 aliphatic heterocycles. The van der Waals surface area contributed by atoms with Crippen LogP contribution in [-0.4, -0.2) is 6.61 Å². The molecular formula is C13H13O2. The molecule has 77 valence electrons. The second-order valence-corrected chi connectivity index (χ2v) is 3.46. The molecule has 0 bridgehead atoms. The monoisotopic (exact) mass is 201 g/mol. The molecular weight excluding hydrogens is 188 g/mol. The van der Waals surface area contributed by atoms with Crippen LogP contribution in [-0.2, 0) is 5.11 Å². The zero-order valence-corrected chi connectivity index (χ0v) is 8.69. The van der Waals surface area contributed by atoms with Crippen LogP contribution < -0.4 is 4.74 Å². The van der Waals surface area contributed by atoms with Crippen molar-refractivity contribution in [1.82, 2.24) is 0 Å². The molecule has 0 amide bonds. The van der Waals surface area contributed by atoms with E-state index in [1.54, 1.807) is 6.07 Å². The van der Waals surface area contributed by atoms with Gasteiger partial charge in [-0.1, -0.05) is 37.3 Å². The molecule has 2 rings (SSSR count). The smallest absolute Gasteiger partial charge is 0.228 e. The first-order valence-electron chi connectivity index (χ1n) is 5.14. The number of rotatable bonds is 3. The van der Waals surface area contributed by atoms with E-state index in [2.05, 4.69) is 0 Å². The van der Waals surface area contributed by atoms with Gasteiger partial charge < -0.3 is 4.74 Å². The summed E-state index contributed by atoms with van der Waals surface area (Å²) in [5, 5.41) is 13.6. The van der Waals surface area contributed by atoms with E-state index in [0.29, 0.717) is 12.4 Å². The molecule has 2 heteroatoms. The van der Waals surface area contributed by atoms with Crippen LogP contribution in [0.5, 0.6) is 11.5 Å². The Balaban J connectivity index is 2.45. The zero-order chi connectivity index (χ0) is 10.7. The maximum Gasteiger partial charge on any atom is 0.228 e. The minimum atomic E-state index is -0.0125. The van der Waals surface area contributed by atoms with Gasteiger partial charge in [0.1, 0.15) is 0 Å². The van der Waals surface area contributed by atoms with E-state index in [9.17, 15) is 5.11 Å². The Labute approximate surface area is 89.1 Å². The summed E-state index contributed by atoms with van der Waals surface area (Å²) in [6.45, 7) is 2.61. The maximum atomic E-state index is 11.9. The Bertz CT molecular complexity index is 463. The van der Waals surface area contributed by atoms with Gasteiger partial charge in [0.2, 0.25) is 5.75 Å². The van der Waals surface area contributed by atoms with Gasteiger partial charge in [-0.15, -0.1) is 0 Å². The van der Waals surface area contributed by atoms with E-state index >= 15 is 0 Å². The predicted molar refractivity (Wildman–Crippen MR) is 59.9 cm³/mol. The van der Waals surface area contributed by atoms with E-state index in [-0.39, 0.29) is 5.75 Å². The Kier molecular flexibility index (Phi) is 2.77. The highest BCUT2D eigenvalue weighted by molar-refractivity contribution is 5.90. The number of benzene rings is 2. The van der Waals surface area contributed by atoms with Crippen molar-refractivity contribution in [2.75, 3.05) is 6.61 Å². The number of fused-ring (bicyclic) bond motifs is 1. The molecule has 1 radical (unpaired) electrons. The predicted octanol–water partition coefficient (Wildman–Crippen LogP) is 3.77. The van der Waals surface area contributed by atoms with Crippen LogP contribution in [0.1, 0.15) is 13.3 Å². The Hall–Kier alpha value is -1.70. The quantitative estimate of drug-likeness (QED) is 0.743. The second-order valence-electron chi connectivity index (χ2n) is 3.46. The summed E-state index contributed by atoms with van der Waals surface area (Å²) in [6.07, 6.45) is 0.909. The van der Waals surface area contributed by atoms with Crippen LogP contribution in [0.15, 0.2) is 36.4 Å². The van der Waals surface area contributed by atoms with Crippen molar-refractivity contribution in [2.24, 2.45) is 0 Å². The lowest BCUT2D eigenvalue weighted by Crippen LogP contribution is -1.94. The number of ether oxygens (including phenoxy) is 1. The normalized spacial score (nSPS) is 10.5. The van der Waals surface area contributed by atoms with Crippen LogP contribution in [0.2, 0.25) is 0 Å². The first-order valence-corrected chi connectivity index (χ1v) is 5.14. The molecule has 0 fully saturated rings. The number of hydrogen-bond donors (Lipinski definition) is 0. The largest absolute Gasteiger partial charge is 0.489 e. The van der Waals surface area contributed by atoms with Crippen LogP contribution in [0, 0.1) is 0 Å². The maximum absolute atomic E-state index is 11.9. The summed E-state index contributed by atoms with van der Waals surface area (Å²) >= 11 is 0. The van der Waals surface area contributed by atoms with Crippen molar-refractivity contribution in [3.63, 3.8) is 0 Å². The molecule has 0 atom stereocenters. The Morgan fingerprint density at radius 3 is 2.73 bits per heavy atom. The van der Waals surface area contributed by atoms with E-state index < -0.39 is 0 Å². The van der Waals surface area contributed by atoms with Crippen molar-refractivity contribution in [3.8, 4) is 11.5 Å². The molecule has 2 aromatic carbocycles. The average molecular weight is 201 g/mol. The van der Waals surface area contributed by atoms with Gasteiger partial charge in [0, 0.05) is 5.39 Å².